The molecule has 0 unspecified atom stereocenters. The molecule has 0 spiro atoms. The van der Waals surface area contributed by atoms with Crippen molar-refractivity contribution in [2.24, 2.45) is 0 Å². The molecule has 2 heteroatoms. The summed E-state index contributed by atoms with van der Waals surface area (Å²) < 4.78 is 0. The van der Waals surface area contributed by atoms with Crippen molar-refractivity contribution in [1.82, 2.24) is 5.32 Å². The van der Waals surface area contributed by atoms with Crippen molar-refractivity contribution in [1.29, 1.82) is 0 Å². The molecule has 0 rings (SSSR count). The number of carbonyl (C=O) groups is 1. The topological polar surface area (TPSA) is 29.1 Å². The molecule has 0 aliphatic rings. The smallest absolute Gasteiger partial charge is 0.220 e. The molecule has 1 radical (unpaired) electrons. The average molecular weight is 128 g/mol. The molecule has 0 fully saturated rings. The van der Waals surface area contributed by atoms with Crippen LogP contribution in [0.3, 0.4) is 0 Å². The van der Waals surface area contributed by atoms with Crippen LogP contribution in [0.2, 0.25) is 0 Å². The minimum absolute atomic E-state index is 0.0984. The summed E-state index contributed by atoms with van der Waals surface area (Å²) in [6.07, 6.45) is 0.925. The predicted molar refractivity (Wildman–Crippen MR) is 37.9 cm³/mol. The highest BCUT2D eigenvalue weighted by atomic mass is 16.1. The zero-order chi connectivity index (χ0) is 7.49. The van der Waals surface area contributed by atoms with Crippen LogP contribution in [0.4, 0.5) is 0 Å². The van der Waals surface area contributed by atoms with Gasteiger partial charge in [-0.2, -0.15) is 0 Å². The molecule has 0 heterocycles. The van der Waals surface area contributed by atoms with E-state index in [1.165, 1.54) is 0 Å². The van der Waals surface area contributed by atoms with E-state index < -0.39 is 0 Å². The van der Waals surface area contributed by atoms with Crippen LogP contribution in [0.25, 0.3) is 0 Å². The van der Waals surface area contributed by atoms with E-state index in [9.17, 15) is 4.79 Å². The molecule has 0 saturated carbocycles. The Hall–Kier alpha value is -0.530. The fourth-order valence-corrected chi connectivity index (χ4v) is 0.466. The van der Waals surface area contributed by atoms with Crippen LogP contribution >= 0.6 is 0 Å². The zero-order valence-electron chi connectivity index (χ0n) is 6.32. The molecule has 9 heavy (non-hydrogen) atoms. The Labute approximate surface area is 56.6 Å². The van der Waals surface area contributed by atoms with E-state index >= 15 is 0 Å². The summed E-state index contributed by atoms with van der Waals surface area (Å²) in [6, 6.07) is 0. The molecule has 0 aromatic heterocycles. The maximum absolute atomic E-state index is 10.4. The van der Waals surface area contributed by atoms with Gasteiger partial charge in [0.25, 0.3) is 0 Å². The van der Waals surface area contributed by atoms with E-state index in [1.807, 2.05) is 20.8 Å². The van der Waals surface area contributed by atoms with E-state index in [1.54, 1.807) is 0 Å². The number of amides is 1. The zero-order valence-corrected chi connectivity index (χ0v) is 6.32. The van der Waals surface area contributed by atoms with Crippen LogP contribution in [0, 0.1) is 6.92 Å². The molecule has 0 saturated heterocycles. The van der Waals surface area contributed by atoms with Crippen LogP contribution in [0.5, 0.6) is 0 Å². The Balaban J connectivity index is 3.71. The standard InChI is InChI=1S/C7H14NO/c1-5-7(3,4)8-6(2)9/h2,5H2,1,3-4H3,(H,8,9). The third-order valence-corrected chi connectivity index (χ3v) is 1.36. The number of nitrogens with one attached hydrogen (secondary N) is 1. The van der Waals surface area contributed by atoms with Gasteiger partial charge in [-0.25, -0.2) is 0 Å². The molecule has 0 bridgehead atoms. The molecule has 1 amide bonds. The maximum atomic E-state index is 10.4. The van der Waals surface area contributed by atoms with Crippen molar-refractivity contribution < 1.29 is 4.79 Å². The van der Waals surface area contributed by atoms with Crippen molar-refractivity contribution >= 4 is 5.91 Å². The van der Waals surface area contributed by atoms with Crippen molar-refractivity contribution in [3.8, 4) is 0 Å². The quantitative estimate of drug-likeness (QED) is 0.593. The molecular weight excluding hydrogens is 114 g/mol. The lowest BCUT2D eigenvalue weighted by molar-refractivity contribution is -0.118. The molecule has 0 aliphatic heterocycles. The van der Waals surface area contributed by atoms with Crippen LogP contribution in [-0.4, -0.2) is 11.4 Å². The summed E-state index contributed by atoms with van der Waals surface area (Å²) in [4.78, 5) is 10.4. The summed E-state index contributed by atoms with van der Waals surface area (Å²) in [6.45, 7) is 9.18. The van der Waals surface area contributed by atoms with Gasteiger partial charge in [0.1, 0.15) is 0 Å². The first-order valence-corrected chi connectivity index (χ1v) is 3.12. The van der Waals surface area contributed by atoms with Gasteiger partial charge in [-0.05, 0) is 20.3 Å². The van der Waals surface area contributed by atoms with E-state index in [-0.39, 0.29) is 11.4 Å². The summed E-state index contributed by atoms with van der Waals surface area (Å²) in [5, 5.41) is 2.72. The number of hydrogen-bond acceptors (Lipinski definition) is 1. The van der Waals surface area contributed by atoms with Gasteiger partial charge in [-0.15, -0.1) is 0 Å². The normalized spacial score (nSPS) is 11.1. The first-order valence-electron chi connectivity index (χ1n) is 3.12. The fourth-order valence-electron chi connectivity index (χ4n) is 0.466. The third-order valence-electron chi connectivity index (χ3n) is 1.36. The lowest BCUT2D eigenvalue weighted by atomic mass is 10.0. The van der Waals surface area contributed by atoms with Crippen LogP contribution in [0.15, 0.2) is 0 Å². The van der Waals surface area contributed by atoms with E-state index in [4.69, 9.17) is 0 Å². The van der Waals surface area contributed by atoms with Gasteiger partial charge >= 0.3 is 0 Å². The first kappa shape index (κ1) is 8.47. The first-order chi connectivity index (χ1) is 3.98. The van der Waals surface area contributed by atoms with E-state index in [0.29, 0.717) is 0 Å². The Morgan fingerprint density at radius 1 is 1.67 bits per heavy atom. The molecule has 53 valence electrons. The van der Waals surface area contributed by atoms with E-state index in [0.717, 1.165) is 6.42 Å². The van der Waals surface area contributed by atoms with E-state index in [2.05, 4.69) is 12.2 Å². The Bertz CT molecular complexity index is 107. The molecule has 0 atom stereocenters. The summed E-state index contributed by atoms with van der Waals surface area (Å²) >= 11 is 0. The lowest BCUT2D eigenvalue weighted by Gasteiger charge is -2.22. The highest BCUT2D eigenvalue weighted by Gasteiger charge is 2.14. The van der Waals surface area contributed by atoms with Crippen molar-refractivity contribution in [3.05, 3.63) is 6.92 Å². The second-order valence-electron chi connectivity index (χ2n) is 2.79. The molecule has 0 aromatic rings. The minimum atomic E-state index is -0.207. The molecular formula is C7H14NO. The largest absolute Gasteiger partial charge is 0.351 e. The van der Waals surface area contributed by atoms with Crippen LogP contribution in [0.1, 0.15) is 27.2 Å². The molecule has 0 aliphatic carbocycles. The molecule has 1 N–H and O–H groups in total. The molecule has 0 aromatic carbocycles. The lowest BCUT2D eigenvalue weighted by Crippen LogP contribution is -2.41. The van der Waals surface area contributed by atoms with Crippen LogP contribution in [-0.2, 0) is 4.79 Å². The van der Waals surface area contributed by atoms with Gasteiger partial charge in [0.05, 0.1) is 0 Å². The van der Waals surface area contributed by atoms with Gasteiger partial charge in [0, 0.05) is 12.5 Å². The number of carbonyl (C=O) groups excluding carboxylic acids is 1. The summed E-state index contributed by atoms with van der Waals surface area (Å²) in [5.74, 6) is -0.207. The van der Waals surface area contributed by atoms with Crippen molar-refractivity contribution in [3.63, 3.8) is 0 Å². The monoisotopic (exact) mass is 128 g/mol. The number of rotatable bonds is 2. The SMILES string of the molecule is [CH2]C(=O)NC(C)(C)CC. The van der Waals surface area contributed by atoms with Gasteiger partial charge in [-0.3, -0.25) is 4.79 Å². The minimum Gasteiger partial charge on any atom is -0.351 e. The Morgan fingerprint density at radius 3 is 2.22 bits per heavy atom. The highest BCUT2D eigenvalue weighted by molar-refractivity contribution is 5.80. The Morgan fingerprint density at radius 2 is 2.11 bits per heavy atom. The molecule has 2 nitrogen and oxygen atoms in total. The predicted octanol–water partition coefficient (Wildman–Crippen LogP) is 1.13. The van der Waals surface area contributed by atoms with Crippen molar-refractivity contribution in [2.45, 2.75) is 32.7 Å². The summed E-state index contributed by atoms with van der Waals surface area (Å²) in [7, 11) is 0. The maximum Gasteiger partial charge on any atom is 0.220 e. The third kappa shape index (κ3) is 4.01. The second-order valence-corrected chi connectivity index (χ2v) is 2.79. The second kappa shape index (κ2) is 2.85. The summed E-state index contributed by atoms with van der Waals surface area (Å²) in [5.41, 5.74) is -0.0984. The van der Waals surface area contributed by atoms with Gasteiger partial charge in [0.15, 0.2) is 0 Å². The average Bonchev–Trinajstić information content (AvgIpc) is 1.63. The van der Waals surface area contributed by atoms with Gasteiger partial charge in [0.2, 0.25) is 5.91 Å². The highest BCUT2D eigenvalue weighted by Crippen LogP contribution is 2.05. The van der Waals surface area contributed by atoms with Gasteiger partial charge < -0.3 is 5.32 Å². The fraction of sp³-hybridized carbons (Fsp3) is 0.714. The van der Waals surface area contributed by atoms with Gasteiger partial charge in [-0.1, -0.05) is 6.92 Å². The van der Waals surface area contributed by atoms with Crippen LogP contribution < -0.4 is 5.32 Å². The Kier molecular flexibility index (Phi) is 2.68. The number of hydrogen-bond donors (Lipinski definition) is 1. The van der Waals surface area contributed by atoms with Crippen molar-refractivity contribution in [2.75, 3.05) is 0 Å².